The Hall–Kier alpha value is -4.51. The molecule has 2 amide bonds. The highest BCUT2D eigenvalue weighted by Gasteiger charge is 2.26. The summed E-state index contributed by atoms with van der Waals surface area (Å²) in [7, 11) is 3.94. The van der Waals surface area contributed by atoms with Crippen molar-refractivity contribution in [3.05, 3.63) is 71.8 Å². The molecule has 40 heavy (non-hydrogen) atoms. The third-order valence-corrected chi connectivity index (χ3v) is 7.12. The lowest BCUT2D eigenvalue weighted by Crippen LogP contribution is -2.39. The number of nitrogen functional groups attached to an aromatic ring is 1. The van der Waals surface area contributed by atoms with Crippen molar-refractivity contribution in [3.63, 3.8) is 0 Å². The molecule has 1 atom stereocenters. The Labute approximate surface area is 232 Å². The largest absolute Gasteiger partial charge is 0.383 e. The van der Waals surface area contributed by atoms with Crippen molar-refractivity contribution >= 4 is 39.9 Å². The van der Waals surface area contributed by atoms with Crippen LogP contribution >= 0.6 is 0 Å². The lowest BCUT2D eigenvalue weighted by Gasteiger charge is -2.25. The van der Waals surface area contributed by atoms with Crippen LogP contribution in [0.3, 0.4) is 0 Å². The first-order chi connectivity index (χ1) is 19.3. The number of hydrogen-bond donors (Lipinski definition) is 2. The van der Waals surface area contributed by atoms with Gasteiger partial charge in [0, 0.05) is 45.3 Å². The van der Waals surface area contributed by atoms with Gasteiger partial charge in [0.25, 0.3) is 0 Å². The second-order valence-electron chi connectivity index (χ2n) is 10.1. The molecule has 1 aliphatic rings. The minimum absolute atomic E-state index is 0.168. The molecule has 0 bridgehead atoms. The zero-order valence-corrected chi connectivity index (χ0v) is 23.0. The Morgan fingerprint density at radius 1 is 1.12 bits per heavy atom. The minimum Gasteiger partial charge on any atom is -0.383 e. The maximum Gasteiger partial charge on any atom is 0.314 e. The quantitative estimate of drug-likeness (QED) is 0.338. The van der Waals surface area contributed by atoms with E-state index in [4.69, 9.17) is 10.5 Å². The van der Waals surface area contributed by atoms with Crippen molar-refractivity contribution in [2.24, 2.45) is 0 Å². The average molecular weight is 543 g/mol. The maximum atomic E-state index is 13.6. The average Bonchev–Trinajstić information content (AvgIpc) is 3.42. The van der Waals surface area contributed by atoms with Gasteiger partial charge in [0.05, 0.1) is 29.5 Å². The molecule has 0 spiro atoms. The van der Waals surface area contributed by atoms with Gasteiger partial charge in [-0.15, -0.1) is 0 Å². The molecule has 4 aromatic rings. The first kappa shape index (κ1) is 27.1. The number of pyridine rings is 2. The number of benzene rings is 1. The molecule has 0 saturated carbocycles. The summed E-state index contributed by atoms with van der Waals surface area (Å²) in [5, 5.41) is 7.96. The molecule has 1 aliphatic heterocycles. The molecule has 11 nitrogen and oxygen atoms in total. The Balaban J connectivity index is 1.42. The molecule has 3 N–H and O–H groups in total. The van der Waals surface area contributed by atoms with Gasteiger partial charge in [-0.3, -0.25) is 14.6 Å². The highest BCUT2D eigenvalue weighted by molar-refractivity contribution is 6.40. The number of fused-ring (bicyclic) bond motifs is 1. The molecule has 0 aliphatic carbocycles. The van der Waals surface area contributed by atoms with E-state index in [0.717, 1.165) is 36.1 Å². The maximum absolute atomic E-state index is 13.6. The van der Waals surface area contributed by atoms with Crippen LogP contribution in [0.25, 0.3) is 10.9 Å². The number of carbonyl (C=O) groups excluding carboxylic acids is 2. The summed E-state index contributed by atoms with van der Waals surface area (Å²) in [5.74, 6) is -1.21. The van der Waals surface area contributed by atoms with Crippen molar-refractivity contribution in [3.8, 4) is 0 Å². The van der Waals surface area contributed by atoms with Crippen LogP contribution in [0.1, 0.15) is 42.3 Å². The number of rotatable bonds is 7. The number of amides is 2. The van der Waals surface area contributed by atoms with Crippen LogP contribution < -0.4 is 16.0 Å². The van der Waals surface area contributed by atoms with Crippen molar-refractivity contribution in [1.29, 1.82) is 0 Å². The van der Waals surface area contributed by atoms with Crippen LogP contribution in [0.4, 0.5) is 17.2 Å². The first-order valence-electron chi connectivity index (χ1n) is 13.3. The van der Waals surface area contributed by atoms with E-state index in [9.17, 15) is 9.59 Å². The summed E-state index contributed by atoms with van der Waals surface area (Å²) in [6.07, 6.45) is 7.54. The Morgan fingerprint density at radius 3 is 2.70 bits per heavy atom. The second kappa shape index (κ2) is 11.7. The Kier molecular flexibility index (Phi) is 7.92. The number of anilines is 3. The smallest absolute Gasteiger partial charge is 0.314 e. The molecule has 1 fully saturated rings. The van der Waals surface area contributed by atoms with Gasteiger partial charge in [0.2, 0.25) is 0 Å². The predicted octanol–water partition coefficient (Wildman–Crippen LogP) is 3.65. The van der Waals surface area contributed by atoms with Gasteiger partial charge in [0.15, 0.2) is 0 Å². The second-order valence-corrected chi connectivity index (χ2v) is 10.1. The molecule has 1 saturated heterocycles. The van der Waals surface area contributed by atoms with E-state index in [1.807, 2.05) is 62.3 Å². The van der Waals surface area contributed by atoms with Crippen LogP contribution in [0.2, 0.25) is 0 Å². The SMILES string of the molecule is Cc1c(CN(Cc2ccccn2)C(=O)C(=O)Nc2cnc(N)c3cn(C4CCCCO4)nc23)cccc1N(C)C. The van der Waals surface area contributed by atoms with Gasteiger partial charge in [0.1, 0.15) is 17.6 Å². The minimum atomic E-state index is -0.798. The third-order valence-electron chi connectivity index (χ3n) is 7.12. The number of nitrogens with one attached hydrogen (secondary N) is 1. The van der Waals surface area contributed by atoms with Gasteiger partial charge >= 0.3 is 11.8 Å². The molecule has 1 unspecified atom stereocenters. The molecular weight excluding hydrogens is 508 g/mol. The van der Waals surface area contributed by atoms with Crippen LogP contribution in [0.5, 0.6) is 0 Å². The van der Waals surface area contributed by atoms with E-state index in [2.05, 4.69) is 20.4 Å². The zero-order valence-electron chi connectivity index (χ0n) is 23.0. The summed E-state index contributed by atoms with van der Waals surface area (Å²) < 4.78 is 7.57. The Bertz CT molecular complexity index is 1510. The molecule has 11 heteroatoms. The Morgan fingerprint density at radius 2 is 1.98 bits per heavy atom. The van der Waals surface area contributed by atoms with Gasteiger partial charge in [-0.2, -0.15) is 5.10 Å². The summed E-state index contributed by atoms with van der Waals surface area (Å²) in [6.45, 7) is 3.08. The highest BCUT2D eigenvalue weighted by atomic mass is 16.5. The number of nitrogens with zero attached hydrogens (tertiary/aromatic N) is 6. The van der Waals surface area contributed by atoms with Crippen molar-refractivity contribution in [2.45, 2.75) is 45.5 Å². The summed E-state index contributed by atoms with van der Waals surface area (Å²) in [6, 6.07) is 11.4. The number of carbonyl (C=O) groups is 2. The van der Waals surface area contributed by atoms with E-state index >= 15 is 0 Å². The van der Waals surface area contributed by atoms with Crippen LogP contribution in [-0.4, -0.2) is 57.2 Å². The first-order valence-corrected chi connectivity index (χ1v) is 13.3. The normalized spacial score (nSPS) is 15.1. The van der Waals surface area contributed by atoms with E-state index in [-0.39, 0.29) is 25.1 Å². The van der Waals surface area contributed by atoms with Crippen LogP contribution in [0, 0.1) is 6.92 Å². The molecule has 1 aromatic carbocycles. The fraction of sp³-hybridized carbons (Fsp3) is 0.345. The van der Waals surface area contributed by atoms with Crippen molar-refractivity contribution in [1.82, 2.24) is 24.6 Å². The molecule has 0 radical (unpaired) electrons. The molecule has 5 rings (SSSR count). The van der Waals surface area contributed by atoms with Crippen LogP contribution in [0.15, 0.2) is 55.0 Å². The van der Waals surface area contributed by atoms with Gasteiger partial charge in [-0.25, -0.2) is 9.67 Å². The third kappa shape index (κ3) is 5.74. The monoisotopic (exact) mass is 542 g/mol. The topological polar surface area (TPSA) is 132 Å². The van der Waals surface area contributed by atoms with Crippen molar-refractivity contribution in [2.75, 3.05) is 36.7 Å². The van der Waals surface area contributed by atoms with E-state index in [1.54, 1.807) is 17.1 Å². The summed E-state index contributed by atoms with van der Waals surface area (Å²) >= 11 is 0. The number of nitrogens with two attached hydrogens (primary N) is 1. The lowest BCUT2D eigenvalue weighted by molar-refractivity contribution is -0.144. The van der Waals surface area contributed by atoms with Gasteiger partial charge < -0.3 is 25.6 Å². The summed E-state index contributed by atoms with van der Waals surface area (Å²) in [5.41, 5.74) is 10.6. The predicted molar refractivity (Wildman–Crippen MR) is 153 cm³/mol. The fourth-order valence-corrected chi connectivity index (χ4v) is 4.95. The zero-order chi connectivity index (χ0) is 28.2. The number of hydrogen-bond acceptors (Lipinski definition) is 8. The molecule has 4 heterocycles. The van der Waals surface area contributed by atoms with E-state index in [0.29, 0.717) is 28.9 Å². The lowest BCUT2D eigenvalue weighted by atomic mass is 10.1. The molecular formula is C29H34N8O3. The van der Waals surface area contributed by atoms with E-state index < -0.39 is 11.8 Å². The standard InChI is InChI=1S/C29H34N8O3/c1-19-20(9-8-11-24(19)35(2)3)16-36(17-21-10-4-6-13-31-21)29(39)28(38)33-23-15-32-27(30)22-18-37(34-26(22)23)25-12-5-7-14-40-25/h4,6,8-11,13,15,18,25H,5,7,12,14,16-17H2,1-3H3,(H2,30,32)(H,33,38). The number of ether oxygens (including phenoxy) is 1. The van der Waals surface area contributed by atoms with E-state index in [1.165, 1.54) is 11.1 Å². The van der Waals surface area contributed by atoms with Gasteiger partial charge in [-0.1, -0.05) is 18.2 Å². The summed E-state index contributed by atoms with van der Waals surface area (Å²) in [4.78, 5) is 39.1. The van der Waals surface area contributed by atoms with Gasteiger partial charge in [-0.05, 0) is 55.5 Å². The fourth-order valence-electron chi connectivity index (χ4n) is 4.95. The van der Waals surface area contributed by atoms with Crippen LogP contribution in [-0.2, 0) is 27.4 Å². The van der Waals surface area contributed by atoms with Crippen molar-refractivity contribution < 1.29 is 14.3 Å². The number of aromatic nitrogens is 4. The highest BCUT2D eigenvalue weighted by Crippen LogP contribution is 2.30. The molecule has 3 aromatic heterocycles. The molecule has 208 valence electrons.